The molecule has 2 rings (SSSR count). The first-order valence-electron chi connectivity index (χ1n) is 14.1. The van der Waals surface area contributed by atoms with Crippen LogP contribution in [-0.4, -0.2) is 39.0 Å². The zero-order valence-electron chi connectivity index (χ0n) is 25.4. The van der Waals surface area contributed by atoms with Crippen LogP contribution in [0.5, 0.6) is 0 Å². The van der Waals surface area contributed by atoms with Gasteiger partial charge < -0.3 is 18.6 Å². The first kappa shape index (κ1) is 32.0. The molecule has 0 radical (unpaired) electrons. The highest BCUT2D eigenvalue weighted by molar-refractivity contribution is 6.74. The molecule has 5 heteroatoms. The van der Waals surface area contributed by atoms with Gasteiger partial charge in [0.2, 0.25) is 0 Å². The van der Waals surface area contributed by atoms with E-state index in [1.54, 1.807) is 0 Å². The molecule has 0 saturated carbocycles. The fourth-order valence-electron chi connectivity index (χ4n) is 4.48. The van der Waals surface area contributed by atoms with E-state index in [2.05, 4.69) is 78.9 Å². The number of benzene rings is 1. The standard InChI is InChI=1S/C32H54O4Si/c1-26(15-14-16-27(2)21-23-33-25-28-17-12-11-13-18-28)19-20-29-32(8,36-31(6,7)35-29)22-24-34-37(9,10)30(3,4)5/h11-13,15,17-18,21,29H,14,16,19-20,22-25H2,1-10H3/b26-15+,27-21+/t29-,32+/m0/s1. The maximum atomic E-state index is 6.47. The van der Waals surface area contributed by atoms with Gasteiger partial charge in [-0.25, -0.2) is 0 Å². The van der Waals surface area contributed by atoms with Crippen molar-refractivity contribution in [2.45, 2.75) is 130 Å². The molecule has 0 spiro atoms. The third-order valence-electron chi connectivity index (χ3n) is 7.95. The summed E-state index contributed by atoms with van der Waals surface area (Å²) in [5, 5.41) is 0.213. The molecule has 0 bridgehead atoms. The van der Waals surface area contributed by atoms with E-state index in [1.807, 2.05) is 32.0 Å². The number of hydrogen-bond acceptors (Lipinski definition) is 4. The van der Waals surface area contributed by atoms with Gasteiger partial charge in [-0.3, -0.25) is 0 Å². The Bertz CT molecular complexity index is 882. The van der Waals surface area contributed by atoms with Crippen molar-refractivity contribution >= 4 is 8.32 Å². The molecule has 0 unspecified atom stereocenters. The molecule has 1 aliphatic heterocycles. The Labute approximate surface area is 228 Å². The molecule has 2 atom stereocenters. The van der Waals surface area contributed by atoms with E-state index in [0.717, 1.165) is 38.7 Å². The smallest absolute Gasteiger partial charge is 0.191 e. The fourth-order valence-corrected chi connectivity index (χ4v) is 5.53. The topological polar surface area (TPSA) is 36.9 Å². The summed E-state index contributed by atoms with van der Waals surface area (Å²) in [5.41, 5.74) is 3.68. The molecule has 1 aliphatic rings. The monoisotopic (exact) mass is 530 g/mol. The maximum absolute atomic E-state index is 6.47. The second kappa shape index (κ2) is 13.7. The van der Waals surface area contributed by atoms with Crippen LogP contribution < -0.4 is 0 Å². The first-order valence-corrected chi connectivity index (χ1v) is 17.0. The lowest BCUT2D eigenvalue weighted by atomic mass is 9.91. The van der Waals surface area contributed by atoms with Gasteiger partial charge in [0, 0.05) is 13.0 Å². The van der Waals surface area contributed by atoms with Crippen molar-refractivity contribution in [3.63, 3.8) is 0 Å². The zero-order chi connectivity index (χ0) is 27.7. The lowest BCUT2D eigenvalue weighted by Gasteiger charge is -2.37. The molecule has 1 aromatic carbocycles. The van der Waals surface area contributed by atoms with Gasteiger partial charge in [-0.15, -0.1) is 0 Å². The molecule has 1 aromatic rings. The van der Waals surface area contributed by atoms with E-state index in [9.17, 15) is 0 Å². The van der Waals surface area contributed by atoms with Crippen molar-refractivity contribution < 1.29 is 18.6 Å². The first-order chi connectivity index (χ1) is 17.1. The molecule has 0 N–H and O–H groups in total. The summed E-state index contributed by atoms with van der Waals surface area (Å²) in [6, 6.07) is 10.3. The van der Waals surface area contributed by atoms with Crippen molar-refractivity contribution in [3.05, 3.63) is 59.2 Å². The summed E-state index contributed by atoms with van der Waals surface area (Å²) in [6.07, 6.45) is 9.60. The van der Waals surface area contributed by atoms with Crippen LogP contribution in [0.4, 0.5) is 0 Å². The summed E-state index contributed by atoms with van der Waals surface area (Å²) in [5.74, 6) is -0.557. The van der Waals surface area contributed by atoms with Gasteiger partial charge in [0.1, 0.15) is 0 Å². The Balaban J connectivity index is 1.78. The van der Waals surface area contributed by atoms with Crippen LogP contribution in [0.15, 0.2) is 53.6 Å². The van der Waals surface area contributed by atoms with Gasteiger partial charge in [0.05, 0.1) is 24.9 Å². The Morgan fingerprint density at radius 3 is 2.30 bits per heavy atom. The highest BCUT2D eigenvalue weighted by Crippen LogP contribution is 2.42. The number of rotatable bonds is 14. The van der Waals surface area contributed by atoms with Crippen LogP contribution in [0.25, 0.3) is 0 Å². The molecule has 1 fully saturated rings. The number of hydrogen-bond donors (Lipinski definition) is 0. The van der Waals surface area contributed by atoms with E-state index >= 15 is 0 Å². The third-order valence-corrected chi connectivity index (χ3v) is 12.5. The molecule has 37 heavy (non-hydrogen) atoms. The van der Waals surface area contributed by atoms with Gasteiger partial charge in [0.25, 0.3) is 0 Å². The molecule has 0 aliphatic carbocycles. The Kier molecular flexibility index (Phi) is 11.8. The minimum atomic E-state index is -1.77. The van der Waals surface area contributed by atoms with Crippen molar-refractivity contribution in [2.75, 3.05) is 13.2 Å². The molecule has 1 heterocycles. The summed E-state index contributed by atoms with van der Waals surface area (Å²) >= 11 is 0. The molecule has 0 amide bonds. The quantitative estimate of drug-likeness (QED) is 0.137. The number of allylic oxidation sites excluding steroid dienone is 3. The van der Waals surface area contributed by atoms with E-state index < -0.39 is 14.1 Å². The van der Waals surface area contributed by atoms with Gasteiger partial charge in [-0.2, -0.15) is 0 Å². The van der Waals surface area contributed by atoms with Crippen LogP contribution in [0.3, 0.4) is 0 Å². The van der Waals surface area contributed by atoms with Crippen LogP contribution in [0.1, 0.15) is 93.1 Å². The summed E-state index contributed by atoms with van der Waals surface area (Å²) in [4.78, 5) is 0. The Morgan fingerprint density at radius 2 is 1.65 bits per heavy atom. The van der Waals surface area contributed by atoms with Crippen molar-refractivity contribution in [1.82, 2.24) is 0 Å². The van der Waals surface area contributed by atoms with Gasteiger partial charge in [0.15, 0.2) is 14.1 Å². The highest BCUT2D eigenvalue weighted by atomic mass is 28.4. The van der Waals surface area contributed by atoms with E-state index in [-0.39, 0.29) is 16.7 Å². The van der Waals surface area contributed by atoms with Crippen molar-refractivity contribution in [1.29, 1.82) is 0 Å². The molecular formula is C32H54O4Si. The maximum Gasteiger partial charge on any atom is 0.191 e. The van der Waals surface area contributed by atoms with E-state index in [4.69, 9.17) is 18.6 Å². The third kappa shape index (κ3) is 10.8. The van der Waals surface area contributed by atoms with Gasteiger partial charge in [-0.05, 0) is 84.0 Å². The molecule has 0 aromatic heterocycles. The predicted octanol–water partition coefficient (Wildman–Crippen LogP) is 8.98. The lowest BCUT2D eigenvalue weighted by molar-refractivity contribution is -0.162. The van der Waals surface area contributed by atoms with Crippen LogP contribution in [0.2, 0.25) is 18.1 Å². The fraction of sp³-hybridized carbons (Fsp3) is 0.688. The minimum absolute atomic E-state index is 0.0669. The largest absolute Gasteiger partial charge is 0.417 e. The van der Waals surface area contributed by atoms with Gasteiger partial charge >= 0.3 is 0 Å². The Hall–Kier alpha value is -1.24. The summed E-state index contributed by atoms with van der Waals surface area (Å²) in [6.45, 7) is 24.2. The zero-order valence-corrected chi connectivity index (χ0v) is 26.4. The highest BCUT2D eigenvalue weighted by Gasteiger charge is 2.49. The normalized spacial score (nSPS) is 23.0. The molecular weight excluding hydrogens is 476 g/mol. The predicted molar refractivity (Wildman–Crippen MR) is 158 cm³/mol. The summed E-state index contributed by atoms with van der Waals surface area (Å²) < 4.78 is 25.1. The van der Waals surface area contributed by atoms with Gasteiger partial charge in [-0.1, -0.05) is 74.4 Å². The Morgan fingerprint density at radius 1 is 1.00 bits per heavy atom. The van der Waals surface area contributed by atoms with Crippen LogP contribution in [0, 0.1) is 0 Å². The van der Waals surface area contributed by atoms with E-state index in [0.29, 0.717) is 13.2 Å². The molecule has 1 saturated heterocycles. The SMILES string of the molecule is C/C(=C\COCc1ccccc1)CC/C=C(\C)CC[C@@H]1OC(C)(C)O[C@]1(C)CCO[Si](C)(C)C(C)(C)C. The summed E-state index contributed by atoms with van der Waals surface area (Å²) in [7, 11) is -1.77. The second-order valence-electron chi connectivity index (χ2n) is 13.0. The molecule has 210 valence electrons. The van der Waals surface area contributed by atoms with Crippen LogP contribution in [-0.2, 0) is 25.2 Å². The molecule has 4 nitrogen and oxygen atoms in total. The van der Waals surface area contributed by atoms with Crippen molar-refractivity contribution in [3.8, 4) is 0 Å². The average molecular weight is 531 g/mol. The van der Waals surface area contributed by atoms with Crippen molar-refractivity contribution in [2.24, 2.45) is 0 Å². The lowest BCUT2D eigenvalue weighted by Crippen LogP contribution is -2.44. The number of ether oxygens (including phenoxy) is 3. The van der Waals surface area contributed by atoms with E-state index in [1.165, 1.54) is 16.7 Å². The average Bonchev–Trinajstić information content (AvgIpc) is 3.03. The minimum Gasteiger partial charge on any atom is -0.417 e. The second-order valence-corrected chi connectivity index (χ2v) is 17.8. The van der Waals surface area contributed by atoms with Crippen LogP contribution >= 0.6 is 0 Å².